The van der Waals surface area contributed by atoms with Crippen molar-refractivity contribution < 1.29 is 9.32 Å². The summed E-state index contributed by atoms with van der Waals surface area (Å²) in [6.45, 7) is 1.58. The molecule has 2 aromatic heterocycles. The smallest absolute Gasteiger partial charge is 0.300 e. The van der Waals surface area contributed by atoms with Crippen LogP contribution < -0.4 is 11.1 Å². The van der Waals surface area contributed by atoms with Crippen LogP contribution in [-0.4, -0.2) is 20.6 Å². The van der Waals surface area contributed by atoms with Crippen molar-refractivity contribution in [2.45, 2.75) is 13.5 Å². The van der Waals surface area contributed by atoms with Gasteiger partial charge in [-0.25, -0.2) is 14.3 Å². The normalized spacial score (nSPS) is 10.7. The lowest BCUT2D eigenvalue weighted by Gasteiger charge is -2.05. The van der Waals surface area contributed by atoms with E-state index in [1.165, 1.54) is 11.3 Å². The summed E-state index contributed by atoms with van der Waals surface area (Å²) in [6.07, 6.45) is 0. The number of nitrogens with one attached hydrogen (secondary N) is 1. The minimum absolute atomic E-state index is 0.200. The van der Waals surface area contributed by atoms with Crippen molar-refractivity contribution in [2.24, 2.45) is 0 Å². The maximum absolute atomic E-state index is 12.1. The van der Waals surface area contributed by atoms with Crippen LogP contribution in [0.3, 0.4) is 0 Å². The predicted molar refractivity (Wildman–Crippen MR) is 86.7 cm³/mol. The lowest BCUT2D eigenvalue weighted by atomic mass is 10.2. The first-order valence-electron chi connectivity index (χ1n) is 6.58. The SMILES string of the molecule is Cc1csc(NC(=O)Cn2c(-c3ccccc3Cl)noc2=O)n1. The number of halogens is 1. The number of amides is 1. The van der Waals surface area contributed by atoms with E-state index in [2.05, 4.69) is 20.0 Å². The van der Waals surface area contributed by atoms with Gasteiger partial charge in [-0.15, -0.1) is 11.3 Å². The van der Waals surface area contributed by atoms with Crippen molar-refractivity contribution in [2.75, 3.05) is 5.32 Å². The Morgan fingerprint density at radius 2 is 2.22 bits per heavy atom. The van der Waals surface area contributed by atoms with E-state index in [0.29, 0.717) is 15.7 Å². The lowest BCUT2D eigenvalue weighted by molar-refractivity contribution is -0.116. The second kappa shape index (κ2) is 6.35. The molecule has 0 atom stereocenters. The average molecular weight is 351 g/mol. The van der Waals surface area contributed by atoms with E-state index in [9.17, 15) is 9.59 Å². The van der Waals surface area contributed by atoms with Gasteiger partial charge >= 0.3 is 5.76 Å². The molecule has 1 N–H and O–H groups in total. The van der Waals surface area contributed by atoms with Crippen LogP contribution >= 0.6 is 22.9 Å². The number of nitrogens with zero attached hydrogens (tertiary/aromatic N) is 3. The molecule has 7 nitrogen and oxygen atoms in total. The summed E-state index contributed by atoms with van der Waals surface area (Å²) >= 11 is 7.41. The van der Waals surface area contributed by atoms with Gasteiger partial charge in [-0.3, -0.25) is 9.32 Å². The van der Waals surface area contributed by atoms with E-state index < -0.39 is 11.7 Å². The van der Waals surface area contributed by atoms with Gasteiger partial charge in [-0.2, -0.15) is 0 Å². The summed E-state index contributed by atoms with van der Waals surface area (Å²) in [6, 6.07) is 6.87. The van der Waals surface area contributed by atoms with Crippen LogP contribution in [-0.2, 0) is 11.3 Å². The van der Waals surface area contributed by atoms with E-state index in [1.807, 2.05) is 12.3 Å². The second-order valence-electron chi connectivity index (χ2n) is 4.68. The van der Waals surface area contributed by atoms with Gasteiger partial charge in [0.05, 0.1) is 10.7 Å². The van der Waals surface area contributed by atoms with Crippen LogP contribution in [0.15, 0.2) is 39.0 Å². The summed E-state index contributed by atoms with van der Waals surface area (Å²) < 4.78 is 5.79. The molecule has 0 fully saturated rings. The zero-order valence-corrected chi connectivity index (χ0v) is 13.5. The molecule has 0 aliphatic rings. The number of carbonyl (C=O) groups is 1. The highest BCUT2D eigenvalue weighted by molar-refractivity contribution is 7.13. The Morgan fingerprint density at radius 3 is 2.91 bits per heavy atom. The number of aromatic nitrogens is 3. The van der Waals surface area contributed by atoms with Gasteiger partial charge in [-0.1, -0.05) is 28.9 Å². The predicted octanol–water partition coefficient (Wildman–Crippen LogP) is 2.56. The quantitative estimate of drug-likeness (QED) is 0.781. The molecular formula is C14H11ClN4O3S. The molecule has 23 heavy (non-hydrogen) atoms. The first-order valence-corrected chi connectivity index (χ1v) is 7.84. The van der Waals surface area contributed by atoms with Gasteiger partial charge in [-0.05, 0) is 19.1 Å². The number of rotatable bonds is 4. The Labute approximate surface area is 139 Å². The van der Waals surface area contributed by atoms with E-state index in [4.69, 9.17) is 11.6 Å². The highest BCUT2D eigenvalue weighted by Crippen LogP contribution is 2.25. The number of thiazole rings is 1. The van der Waals surface area contributed by atoms with Crippen LogP contribution in [0, 0.1) is 6.92 Å². The zero-order valence-electron chi connectivity index (χ0n) is 11.9. The molecule has 0 spiro atoms. The van der Waals surface area contributed by atoms with Gasteiger partial charge in [0.1, 0.15) is 6.54 Å². The Hall–Kier alpha value is -2.45. The van der Waals surface area contributed by atoms with Gasteiger partial charge in [0.15, 0.2) is 11.0 Å². The van der Waals surface area contributed by atoms with Crippen molar-refractivity contribution in [1.82, 2.24) is 14.7 Å². The largest absolute Gasteiger partial charge is 0.442 e. The minimum atomic E-state index is -0.731. The van der Waals surface area contributed by atoms with Gasteiger partial charge in [0.2, 0.25) is 5.91 Å². The average Bonchev–Trinajstić information content (AvgIpc) is 3.07. The maximum Gasteiger partial charge on any atom is 0.442 e. The highest BCUT2D eigenvalue weighted by Gasteiger charge is 2.18. The summed E-state index contributed by atoms with van der Waals surface area (Å²) in [5, 5.41) is 9.03. The number of anilines is 1. The van der Waals surface area contributed by atoms with E-state index in [1.54, 1.807) is 24.3 Å². The highest BCUT2D eigenvalue weighted by atomic mass is 35.5. The zero-order chi connectivity index (χ0) is 16.4. The molecule has 118 valence electrons. The fourth-order valence-corrected chi connectivity index (χ4v) is 2.88. The third kappa shape index (κ3) is 3.33. The number of carbonyl (C=O) groups excluding carboxylic acids is 1. The Bertz CT molecular complexity index is 915. The molecule has 0 radical (unpaired) electrons. The summed E-state index contributed by atoms with van der Waals surface area (Å²) in [5.74, 6) is -0.936. The Morgan fingerprint density at radius 1 is 1.43 bits per heavy atom. The van der Waals surface area contributed by atoms with Crippen LogP contribution in [0.5, 0.6) is 0 Å². The third-order valence-electron chi connectivity index (χ3n) is 2.97. The first-order chi connectivity index (χ1) is 11.0. The standard InChI is InChI=1S/C14H11ClN4O3S/c1-8-7-23-13(16-8)17-11(20)6-19-12(18-22-14(19)21)9-4-2-3-5-10(9)15/h2-5,7H,6H2,1H3,(H,16,17,20). The number of hydrogen-bond donors (Lipinski definition) is 1. The monoisotopic (exact) mass is 350 g/mol. The van der Waals surface area contributed by atoms with Crippen molar-refractivity contribution >= 4 is 34.0 Å². The summed E-state index contributed by atoms with van der Waals surface area (Å²) in [7, 11) is 0. The number of benzene rings is 1. The summed E-state index contributed by atoms with van der Waals surface area (Å²) in [4.78, 5) is 28.1. The number of aryl methyl sites for hydroxylation is 1. The molecule has 3 rings (SSSR count). The summed E-state index contributed by atoms with van der Waals surface area (Å²) in [5.41, 5.74) is 1.32. The fraction of sp³-hybridized carbons (Fsp3) is 0.143. The van der Waals surface area contributed by atoms with Crippen LogP contribution in [0.25, 0.3) is 11.4 Å². The Kier molecular flexibility index (Phi) is 4.26. The fourth-order valence-electron chi connectivity index (χ4n) is 1.96. The molecule has 1 amide bonds. The molecular weight excluding hydrogens is 340 g/mol. The molecule has 2 heterocycles. The minimum Gasteiger partial charge on any atom is -0.300 e. The van der Waals surface area contributed by atoms with Gasteiger partial charge in [0, 0.05) is 10.9 Å². The second-order valence-corrected chi connectivity index (χ2v) is 5.95. The van der Waals surface area contributed by atoms with E-state index in [-0.39, 0.29) is 12.4 Å². The molecule has 0 unspecified atom stereocenters. The topological polar surface area (TPSA) is 90.0 Å². The molecule has 9 heteroatoms. The van der Waals surface area contributed by atoms with Crippen molar-refractivity contribution in [3.05, 3.63) is 50.9 Å². The molecule has 0 saturated heterocycles. The van der Waals surface area contributed by atoms with Crippen molar-refractivity contribution in [3.63, 3.8) is 0 Å². The van der Waals surface area contributed by atoms with Gasteiger partial charge in [0.25, 0.3) is 0 Å². The molecule has 0 saturated carbocycles. The van der Waals surface area contributed by atoms with E-state index >= 15 is 0 Å². The van der Waals surface area contributed by atoms with Crippen LogP contribution in [0.4, 0.5) is 5.13 Å². The van der Waals surface area contributed by atoms with Crippen LogP contribution in [0.2, 0.25) is 5.02 Å². The molecule has 0 aliphatic heterocycles. The lowest BCUT2D eigenvalue weighted by Crippen LogP contribution is -2.25. The van der Waals surface area contributed by atoms with E-state index in [0.717, 1.165) is 10.3 Å². The van der Waals surface area contributed by atoms with Crippen LogP contribution in [0.1, 0.15) is 5.69 Å². The first kappa shape index (κ1) is 15.4. The van der Waals surface area contributed by atoms with Crippen molar-refractivity contribution in [1.29, 1.82) is 0 Å². The number of hydrogen-bond acceptors (Lipinski definition) is 6. The Balaban J connectivity index is 1.86. The molecule has 1 aromatic carbocycles. The molecule has 3 aromatic rings. The molecule has 0 bridgehead atoms. The van der Waals surface area contributed by atoms with Gasteiger partial charge < -0.3 is 5.32 Å². The van der Waals surface area contributed by atoms with Crippen molar-refractivity contribution in [3.8, 4) is 11.4 Å². The third-order valence-corrected chi connectivity index (χ3v) is 4.17. The molecule has 0 aliphatic carbocycles. The maximum atomic E-state index is 12.1.